The summed E-state index contributed by atoms with van der Waals surface area (Å²) in [7, 11) is 1.75. The molecule has 2 aromatic carbocycles. The zero-order valence-electron chi connectivity index (χ0n) is 12.1. The number of rotatable bonds is 5. The van der Waals surface area contributed by atoms with Gasteiger partial charge in [-0.3, -0.25) is 0 Å². The van der Waals surface area contributed by atoms with Crippen LogP contribution < -0.4 is 20.6 Å². The Hall–Kier alpha value is -2.11. The molecule has 0 aliphatic rings. The van der Waals surface area contributed by atoms with E-state index in [4.69, 9.17) is 28.6 Å². The lowest BCUT2D eigenvalue weighted by atomic mass is 10.2. The van der Waals surface area contributed by atoms with E-state index in [9.17, 15) is 0 Å². The van der Waals surface area contributed by atoms with Crippen LogP contribution in [-0.2, 0) is 6.61 Å². The van der Waals surface area contributed by atoms with Gasteiger partial charge in [-0.2, -0.15) is 0 Å². The second-order valence-electron chi connectivity index (χ2n) is 4.48. The molecular weight excluding hydrogens is 318 g/mol. The van der Waals surface area contributed by atoms with Crippen LogP contribution in [0, 0.1) is 0 Å². The molecule has 0 amide bonds. The highest BCUT2D eigenvalue weighted by atomic mass is 35.5. The largest absolute Gasteiger partial charge is 0.489 e. The average molecular weight is 335 g/mol. The minimum Gasteiger partial charge on any atom is -0.489 e. The standard InChI is InChI=1S/C16H16ClN3OS/c1-18-16(22)20-19-10-12-5-7-15(8-6-12)21-11-13-3-2-4-14(17)9-13/h2-10H,11H2,1H3,(H2,18,20,22)/p+1. The fraction of sp³-hybridized carbons (Fsp3) is 0.125. The van der Waals surface area contributed by atoms with Gasteiger partial charge in [0.25, 0.3) is 0 Å². The second kappa shape index (κ2) is 8.36. The van der Waals surface area contributed by atoms with Gasteiger partial charge in [0.1, 0.15) is 12.4 Å². The first kappa shape index (κ1) is 16.3. The van der Waals surface area contributed by atoms with Crippen LogP contribution in [0.3, 0.4) is 0 Å². The maximum Gasteiger partial charge on any atom is 0.223 e. The second-order valence-corrected chi connectivity index (χ2v) is 5.33. The van der Waals surface area contributed by atoms with E-state index in [-0.39, 0.29) is 0 Å². The molecule has 22 heavy (non-hydrogen) atoms. The lowest BCUT2D eigenvalue weighted by Crippen LogP contribution is -2.82. The number of halogens is 1. The van der Waals surface area contributed by atoms with Gasteiger partial charge in [-0.25, -0.2) is 0 Å². The maximum atomic E-state index is 5.94. The third-order valence-electron chi connectivity index (χ3n) is 2.83. The molecule has 0 saturated carbocycles. The number of hydrogen-bond donors (Lipinski definition) is 3. The van der Waals surface area contributed by atoms with Crippen molar-refractivity contribution >= 4 is 35.1 Å². The molecule has 0 fully saturated rings. The van der Waals surface area contributed by atoms with Crippen LogP contribution in [0.25, 0.3) is 0 Å². The quantitative estimate of drug-likeness (QED) is 0.440. The monoisotopic (exact) mass is 334 g/mol. The molecule has 0 atom stereocenters. The summed E-state index contributed by atoms with van der Waals surface area (Å²) in [5, 5.41) is 6.94. The minimum absolute atomic E-state index is 0.486. The highest BCUT2D eigenvalue weighted by molar-refractivity contribution is 7.80. The first-order valence-corrected chi connectivity index (χ1v) is 7.50. The van der Waals surface area contributed by atoms with Crippen molar-refractivity contribution in [3.05, 3.63) is 64.7 Å². The Morgan fingerprint density at radius 2 is 2.05 bits per heavy atom. The van der Waals surface area contributed by atoms with Crippen molar-refractivity contribution in [2.24, 2.45) is 0 Å². The average Bonchev–Trinajstić information content (AvgIpc) is 2.54. The molecular formula is C16H17ClN3OS+. The van der Waals surface area contributed by atoms with Crippen molar-refractivity contribution in [3.63, 3.8) is 0 Å². The Bertz CT molecular complexity index is 659. The van der Waals surface area contributed by atoms with Gasteiger partial charge in [0.05, 0.1) is 0 Å². The first-order valence-electron chi connectivity index (χ1n) is 6.71. The highest BCUT2D eigenvalue weighted by Crippen LogP contribution is 2.15. The van der Waals surface area contributed by atoms with Gasteiger partial charge in [0.15, 0.2) is 6.21 Å². The van der Waals surface area contributed by atoms with Gasteiger partial charge in [0, 0.05) is 17.6 Å². The van der Waals surface area contributed by atoms with E-state index in [0.717, 1.165) is 16.9 Å². The Labute approximate surface area is 140 Å². The normalized spacial score (nSPS) is 10.5. The van der Waals surface area contributed by atoms with E-state index in [1.54, 1.807) is 7.05 Å². The zero-order valence-corrected chi connectivity index (χ0v) is 13.7. The van der Waals surface area contributed by atoms with Crippen LogP contribution in [0.4, 0.5) is 0 Å². The number of hydrogen-bond acceptors (Lipinski definition) is 2. The fourth-order valence-electron chi connectivity index (χ4n) is 1.70. The molecule has 0 saturated heterocycles. The number of ether oxygens (including phenoxy) is 1. The molecule has 2 rings (SSSR count). The molecule has 0 spiro atoms. The molecule has 0 unspecified atom stereocenters. The van der Waals surface area contributed by atoms with E-state index < -0.39 is 0 Å². The van der Waals surface area contributed by atoms with Crippen LogP contribution in [-0.4, -0.2) is 18.4 Å². The summed E-state index contributed by atoms with van der Waals surface area (Å²) >= 11 is 10.9. The van der Waals surface area contributed by atoms with Gasteiger partial charge in [-0.15, -0.1) is 10.5 Å². The zero-order chi connectivity index (χ0) is 15.8. The lowest BCUT2D eigenvalue weighted by Gasteiger charge is -2.06. The van der Waals surface area contributed by atoms with Crippen LogP contribution in [0.15, 0.2) is 48.5 Å². The van der Waals surface area contributed by atoms with Gasteiger partial charge in [-0.05, 0) is 54.2 Å². The van der Waals surface area contributed by atoms with Crippen molar-refractivity contribution < 1.29 is 9.84 Å². The molecule has 0 bridgehead atoms. The molecule has 0 heterocycles. The molecule has 0 aromatic heterocycles. The van der Waals surface area contributed by atoms with Crippen molar-refractivity contribution in [2.45, 2.75) is 6.61 Å². The smallest absolute Gasteiger partial charge is 0.223 e. The van der Waals surface area contributed by atoms with E-state index in [0.29, 0.717) is 16.7 Å². The van der Waals surface area contributed by atoms with Crippen molar-refractivity contribution in [3.8, 4) is 5.75 Å². The number of thiocarbonyl (C=S) groups is 1. The summed E-state index contributed by atoms with van der Waals surface area (Å²) in [6.45, 7) is 0.486. The predicted octanol–water partition coefficient (Wildman–Crippen LogP) is 1.43. The van der Waals surface area contributed by atoms with Crippen LogP contribution in [0.1, 0.15) is 11.1 Å². The van der Waals surface area contributed by atoms with Crippen molar-refractivity contribution in [1.29, 1.82) is 0 Å². The summed E-state index contributed by atoms with van der Waals surface area (Å²) in [5.41, 5.74) is 4.86. The molecule has 4 nitrogen and oxygen atoms in total. The number of nitrogens with one attached hydrogen (secondary N) is 3. The molecule has 2 aromatic rings. The summed E-state index contributed by atoms with van der Waals surface area (Å²) < 4.78 is 5.72. The Morgan fingerprint density at radius 1 is 1.27 bits per heavy atom. The van der Waals surface area contributed by atoms with Crippen molar-refractivity contribution in [2.75, 3.05) is 7.05 Å². The predicted molar refractivity (Wildman–Crippen MR) is 93.1 cm³/mol. The van der Waals surface area contributed by atoms with E-state index in [1.807, 2.05) is 54.7 Å². The number of hydrazone groups is 1. The Morgan fingerprint density at radius 3 is 2.73 bits per heavy atom. The third kappa shape index (κ3) is 5.35. The molecule has 6 heteroatoms. The topological polar surface area (TPSA) is 47.3 Å². The molecule has 3 N–H and O–H groups in total. The third-order valence-corrected chi connectivity index (χ3v) is 3.37. The highest BCUT2D eigenvalue weighted by Gasteiger charge is 1.99. The first-order chi connectivity index (χ1) is 10.7. The van der Waals surface area contributed by atoms with Gasteiger partial charge >= 0.3 is 0 Å². The minimum atomic E-state index is 0.486. The molecule has 0 aliphatic carbocycles. The summed E-state index contributed by atoms with van der Waals surface area (Å²) in [6, 6.07) is 15.3. The Kier molecular flexibility index (Phi) is 6.18. The van der Waals surface area contributed by atoms with E-state index in [2.05, 4.69) is 15.8 Å². The summed E-state index contributed by atoms with van der Waals surface area (Å²) in [5.74, 6) is 0.802. The van der Waals surface area contributed by atoms with Crippen molar-refractivity contribution in [1.82, 2.24) is 10.7 Å². The van der Waals surface area contributed by atoms with E-state index in [1.165, 1.54) is 0 Å². The number of benzene rings is 2. The van der Waals surface area contributed by atoms with Gasteiger partial charge in [0.2, 0.25) is 5.11 Å². The van der Waals surface area contributed by atoms with Crippen LogP contribution in [0.2, 0.25) is 5.02 Å². The van der Waals surface area contributed by atoms with Gasteiger partial charge in [-0.1, -0.05) is 23.7 Å². The number of hydrazine groups is 1. The summed E-state index contributed by atoms with van der Waals surface area (Å²) in [4.78, 5) is 0. The fourth-order valence-corrected chi connectivity index (χ4v) is 1.97. The lowest BCUT2D eigenvalue weighted by molar-refractivity contribution is -0.500. The molecule has 114 valence electrons. The Balaban J connectivity index is 1.87. The SMILES string of the molecule is CNC(=S)N[NH+]=Cc1ccc(OCc2cccc(Cl)c2)cc1. The molecule has 0 aliphatic heterocycles. The van der Waals surface area contributed by atoms with Gasteiger partial charge < -0.3 is 10.1 Å². The van der Waals surface area contributed by atoms with Crippen LogP contribution >= 0.6 is 23.8 Å². The van der Waals surface area contributed by atoms with E-state index >= 15 is 0 Å². The van der Waals surface area contributed by atoms with Crippen LogP contribution in [0.5, 0.6) is 5.75 Å². The maximum absolute atomic E-state index is 5.94. The summed E-state index contributed by atoms with van der Waals surface area (Å²) in [6.07, 6.45) is 1.81. The molecule has 0 radical (unpaired) electrons.